The van der Waals surface area contributed by atoms with Crippen LogP contribution < -0.4 is 11.1 Å². The lowest BCUT2D eigenvalue weighted by Gasteiger charge is -2.32. The molecule has 0 aromatic heterocycles. The van der Waals surface area contributed by atoms with Crippen LogP contribution in [0.25, 0.3) is 0 Å². The van der Waals surface area contributed by atoms with Crippen LogP contribution in [0.15, 0.2) is 0 Å². The lowest BCUT2D eigenvalue weighted by atomic mass is 9.92. The van der Waals surface area contributed by atoms with Gasteiger partial charge in [-0.2, -0.15) is 0 Å². The molecule has 0 atom stereocenters. The number of likely N-dealkylation sites (tertiary alicyclic amines) is 1. The van der Waals surface area contributed by atoms with E-state index in [1.165, 1.54) is 0 Å². The molecule has 1 rings (SSSR count). The summed E-state index contributed by atoms with van der Waals surface area (Å²) in [5, 5.41) is 2.71. The highest BCUT2D eigenvalue weighted by atomic mass is 16.5. The fourth-order valence-corrected chi connectivity index (χ4v) is 2.44. The van der Waals surface area contributed by atoms with Crippen LogP contribution in [0, 0.1) is 5.41 Å². The van der Waals surface area contributed by atoms with Gasteiger partial charge < -0.3 is 20.7 Å². The summed E-state index contributed by atoms with van der Waals surface area (Å²) in [6.07, 6.45) is 3.24. The molecule has 0 spiro atoms. The Morgan fingerprint density at radius 2 is 1.91 bits per heavy atom. The van der Waals surface area contributed by atoms with Gasteiger partial charge in [-0.05, 0) is 31.2 Å². The number of carbonyl (C=O) groups excluding carboxylic acids is 2. The van der Waals surface area contributed by atoms with Crippen molar-refractivity contribution in [2.24, 2.45) is 11.1 Å². The second-order valence-corrected chi connectivity index (χ2v) is 7.11. The van der Waals surface area contributed by atoms with Crippen LogP contribution in [0.2, 0.25) is 0 Å². The lowest BCUT2D eigenvalue weighted by molar-refractivity contribution is -0.135. The third-order valence-corrected chi connectivity index (χ3v) is 3.62. The number of amides is 2. The van der Waals surface area contributed by atoms with Crippen LogP contribution in [-0.2, 0) is 14.3 Å². The van der Waals surface area contributed by atoms with Gasteiger partial charge in [0.2, 0.25) is 11.8 Å². The molecule has 128 valence electrons. The summed E-state index contributed by atoms with van der Waals surface area (Å²) >= 11 is 0. The van der Waals surface area contributed by atoms with E-state index in [-0.39, 0.29) is 29.9 Å². The number of hydrogen-bond acceptors (Lipinski definition) is 4. The van der Waals surface area contributed by atoms with Gasteiger partial charge in [0.05, 0.1) is 12.6 Å². The molecule has 1 aliphatic heterocycles. The number of ether oxygens (including phenoxy) is 1. The molecule has 0 aromatic carbocycles. The Labute approximate surface area is 133 Å². The van der Waals surface area contributed by atoms with Gasteiger partial charge in [-0.15, -0.1) is 0 Å². The second kappa shape index (κ2) is 9.10. The molecule has 0 aromatic rings. The van der Waals surface area contributed by atoms with Crippen molar-refractivity contribution in [2.75, 3.05) is 32.8 Å². The van der Waals surface area contributed by atoms with Crippen LogP contribution in [0.5, 0.6) is 0 Å². The Balaban J connectivity index is 2.21. The van der Waals surface area contributed by atoms with Crippen molar-refractivity contribution in [1.29, 1.82) is 0 Å². The predicted molar refractivity (Wildman–Crippen MR) is 86.3 cm³/mol. The fraction of sp³-hybridized carbons (Fsp3) is 0.875. The largest absolute Gasteiger partial charge is 0.378 e. The van der Waals surface area contributed by atoms with E-state index >= 15 is 0 Å². The molecule has 1 fully saturated rings. The van der Waals surface area contributed by atoms with Crippen molar-refractivity contribution in [2.45, 2.75) is 52.6 Å². The molecular weight excluding hydrogens is 282 g/mol. The maximum absolute atomic E-state index is 12.1. The molecule has 0 unspecified atom stereocenters. The van der Waals surface area contributed by atoms with Gasteiger partial charge in [-0.25, -0.2) is 0 Å². The van der Waals surface area contributed by atoms with E-state index in [2.05, 4.69) is 5.32 Å². The topological polar surface area (TPSA) is 84.7 Å². The summed E-state index contributed by atoms with van der Waals surface area (Å²) in [6.45, 7) is 8.83. The fourth-order valence-electron chi connectivity index (χ4n) is 2.44. The zero-order valence-electron chi connectivity index (χ0n) is 14.2. The van der Waals surface area contributed by atoms with E-state index in [0.717, 1.165) is 19.3 Å². The smallest absolute Gasteiger partial charge is 0.241 e. The SMILES string of the molecule is CC(C)(C)CC(=O)NCC(=O)N1CCC(OCCCN)CC1. The summed E-state index contributed by atoms with van der Waals surface area (Å²) in [6, 6.07) is 0. The molecule has 0 saturated carbocycles. The minimum absolute atomic E-state index is 0.0114. The van der Waals surface area contributed by atoms with Gasteiger partial charge in [0.1, 0.15) is 0 Å². The third-order valence-electron chi connectivity index (χ3n) is 3.62. The van der Waals surface area contributed by atoms with Crippen molar-refractivity contribution < 1.29 is 14.3 Å². The number of nitrogens with zero attached hydrogens (tertiary/aromatic N) is 1. The van der Waals surface area contributed by atoms with E-state index in [1.54, 1.807) is 4.90 Å². The molecule has 6 nitrogen and oxygen atoms in total. The summed E-state index contributed by atoms with van der Waals surface area (Å²) in [5.41, 5.74) is 5.37. The number of rotatable bonds is 7. The number of nitrogens with one attached hydrogen (secondary N) is 1. The average Bonchev–Trinajstić information content (AvgIpc) is 2.44. The highest BCUT2D eigenvalue weighted by Gasteiger charge is 2.23. The molecule has 0 bridgehead atoms. The number of nitrogens with two attached hydrogens (primary N) is 1. The van der Waals surface area contributed by atoms with Crippen molar-refractivity contribution in [3.05, 3.63) is 0 Å². The first-order valence-corrected chi connectivity index (χ1v) is 8.18. The first-order chi connectivity index (χ1) is 10.3. The van der Waals surface area contributed by atoms with Crippen LogP contribution in [0.1, 0.15) is 46.5 Å². The molecular formula is C16H31N3O3. The van der Waals surface area contributed by atoms with Gasteiger partial charge in [0, 0.05) is 26.1 Å². The molecule has 1 heterocycles. The summed E-state index contributed by atoms with van der Waals surface area (Å²) in [5.74, 6) is -0.0801. The second-order valence-electron chi connectivity index (χ2n) is 7.11. The van der Waals surface area contributed by atoms with Gasteiger partial charge in [-0.3, -0.25) is 9.59 Å². The summed E-state index contributed by atoms with van der Waals surface area (Å²) < 4.78 is 5.72. The van der Waals surface area contributed by atoms with Gasteiger partial charge in [0.25, 0.3) is 0 Å². The van der Waals surface area contributed by atoms with E-state index in [9.17, 15) is 9.59 Å². The van der Waals surface area contributed by atoms with Gasteiger partial charge in [0.15, 0.2) is 0 Å². The average molecular weight is 313 g/mol. The van der Waals surface area contributed by atoms with Crippen LogP contribution >= 0.6 is 0 Å². The molecule has 0 aliphatic carbocycles. The molecule has 1 aliphatic rings. The minimum Gasteiger partial charge on any atom is -0.378 e. The Kier molecular flexibility index (Phi) is 7.82. The van der Waals surface area contributed by atoms with Crippen molar-refractivity contribution in [1.82, 2.24) is 10.2 Å². The van der Waals surface area contributed by atoms with Crippen LogP contribution in [0.3, 0.4) is 0 Å². The molecule has 0 radical (unpaired) electrons. The minimum atomic E-state index is -0.0687. The number of hydrogen-bond donors (Lipinski definition) is 2. The monoisotopic (exact) mass is 313 g/mol. The van der Waals surface area contributed by atoms with Gasteiger partial charge >= 0.3 is 0 Å². The molecule has 6 heteroatoms. The summed E-state index contributed by atoms with van der Waals surface area (Å²) in [7, 11) is 0. The molecule has 2 amide bonds. The predicted octanol–water partition coefficient (Wildman–Crippen LogP) is 0.895. The van der Waals surface area contributed by atoms with Crippen molar-refractivity contribution in [3.63, 3.8) is 0 Å². The van der Waals surface area contributed by atoms with E-state index in [1.807, 2.05) is 20.8 Å². The van der Waals surface area contributed by atoms with Crippen molar-refractivity contribution in [3.8, 4) is 0 Å². The third kappa shape index (κ3) is 7.75. The Morgan fingerprint density at radius 3 is 2.45 bits per heavy atom. The normalized spacial score (nSPS) is 16.6. The highest BCUT2D eigenvalue weighted by molar-refractivity contribution is 5.85. The standard InChI is InChI=1S/C16H31N3O3/c1-16(2,3)11-14(20)18-12-15(21)19-8-5-13(6-9-19)22-10-4-7-17/h13H,4-12,17H2,1-3H3,(H,18,20). The first-order valence-electron chi connectivity index (χ1n) is 8.18. The van der Waals surface area contributed by atoms with E-state index < -0.39 is 0 Å². The Morgan fingerprint density at radius 1 is 1.27 bits per heavy atom. The number of carbonyl (C=O) groups is 2. The zero-order chi connectivity index (χ0) is 16.6. The lowest BCUT2D eigenvalue weighted by Crippen LogP contribution is -2.45. The quantitative estimate of drug-likeness (QED) is 0.684. The van der Waals surface area contributed by atoms with Gasteiger partial charge in [-0.1, -0.05) is 20.8 Å². The maximum Gasteiger partial charge on any atom is 0.241 e. The molecule has 22 heavy (non-hydrogen) atoms. The number of piperidine rings is 1. The van der Waals surface area contributed by atoms with E-state index in [0.29, 0.717) is 32.7 Å². The molecule has 1 saturated heterocycles. The summed E-state index contributed by atoms with van der Waals surface area (Å²) in [4.78, 5) is 25.6. The van der Waals surface area contributed by atoms with Crippen LogP contribution in [-0.4, -0.2) is 55.6 Å². The Hall–Kier alpha value is -1.14. The first kappa shape index (κ1) is 18.9. The Bertz CT molecular complexity index is 358. The molecule has 3 N–H and O–H groups in total. The van der Waals surface area contributed by atoms with Crippen molar-refractivity contribution >= 4 is 11.8 Å². The highest BCUT2D eigenvalue weighted by Crippen LogP contribution is 2.18. The van der Waals surface area contributed by atoms with Crippen LogP contribution in [0.4, 0.5) is 0 Å². The zero-order valence-corrected chi connectivity index (χ0v) is 14.2. The maximum atomic E-state index is 12.1. The van der Waals surface area contributed by atoms with E-state index in [4.69, 9.17) is 10.5 Å².